The van der Waals surface area contributed by atoms with Crippen LogP contribution in [0, 0.1) is 0 Å². The first-order valence-electron chi connectivity index (χ1n) is 4.71. The minimum atomic E-state index is -0.965. The summed E-state index contributed by atoms with van der Waals surface area (Å²) >= 11 is 0. The Kier molecular flexibility index (Phi) is 5.04. The maximum atomic E-state index is 11.5. The number of rotatable bonds is 5. The molecule has 4 heteroatoms. The van der Waals surface area contributed by atoms with Crippen LogP contribution in [-0.2, 0) is 26.1 Å². The Morgan fingerprint density at radius 3 is 2.60 bits per heavy atom. The first kappa shape index (κ1) is 11.9. The normalized spacial score (nSPS) is 12.1. The highest BCUT2D eigenvalue weighted by Gasteiger charge is 2.02. The van der Waals surface area contributed by atoms with Crippen molar-refractivity contribution in [3.05, 3.63) is 35.9 Å². The van der Waals surface area contributed by atoms with Crippen LogP contribution in [0.1, 0.15) is 12.5 Å². The molecule has 82 valence electrons. The van der Waals surface area contributed by atoms with Gasteiger partial charge < -0.3 is 4.74 Å². The van der Waals surface area contributed by atoms with E-state index in [9.17, 15) is 9.00 Å². The lowest BCUT2D eigenvalue weighted by atomic mass is 10.2. The Hall–Kier alpha value is -1.16. The van der Waals surface area contributed by atoms with Crippen LogP contribution in [0.15, 0.2) is 30.3 Å². The Morgan fingerprint density at radius 1 is 1.33 bits per heavy atom. The van der Waals surface area contributed by atoms with Gasteiger partial charge in [0.1, 0.15) is 6.61 Å². The Labute approximate surface area is 91.9 Å². The highest BCUT2D eigenvalue weighted by Crippen LogP contribution is 2.02. The summed E-state index contributed by atoms with van der Waals surface area (Å²) in [5.41, 5.74) is 1.04. The molecule has 0 spiro atoms. The van der Waals surface area contributed by atoms with Crippen molar-refractivity contribution in [2.24, 2.45) is 0 Å². The van der Waals surface area contributed by atoms with E-state index >= 15 is 0 Å². The van der Waals surface area contributed by atoms with Gasteiger partial charge in [-0.05, 0) is 5.56 Å². The maximum Gasteiger partial charge on any atom is 0.302 e. The van der Waals surface area contributed by atoms with E-state index in [0.29, 0.717) is 11.5 Å². The lowest BCUT2D eigenvalue weighted by Gasteiger charge is -2.02. The molecule has 0 unspecified atom stereocenters. The van der Waals surface area contributed by atoms with Gasteiger partial charge in [0.2, 0.25) is 0 Å². The van der Waals surface area contributed by atoms with Crippen LogP contribution in [0.5, 0.6) is 0 Å². The molecule has 0 aromatic heterocycles. The van der Waals surface area contributed by atoms with Crippen molar-refractivity contribution in [1.82, 2.24) is 0 Å². The van der Waals surface area contributed by atoms with E-state index in [2.05, 4.69) is 0 Å². The summed E-state index contributed by atoms with van der Waals surface area (Å²) in [4.78, 5) is 10.5. The van der Waals surface area contributed by atoms with Crippen molar-refractivity contribution < 1.29 is 13.7 Å². The first-order chi connectivity index (χ1) is 7.18. The van der Waals surface area contributed by atoms with Gasteiger partial charge in [0.15, 0.2) is 0 Å². The molecule has 0 aliphatic carbocycles. The fourth-order valence-electron chi connectivity index (χ4n) is 1.11. The van der Waals surface area contributed by atoms with Gasteiger partial charge in [-0.2, -0.15) is 0 Å². The van der Waals surface area contributed by atoms with Crippen LogP contribution in [0.25, 0.3) is 0 Å². The van der Waals surface area contributed by atoms with Crippen LogP contribution < -0.4 is 0 Å². The van der Waals surface area contributed by atoms with E-state index in [4.69, 9.17) is 4.74 Å². The van der Waals surface area contributed by atoms with Gasteiger partial charge in [0, 0.05) is 23.5 Å². The monoisotopic (exact) mass is 226 g/mol. The van der Waals surface area contributed by atoms with Crippen molar-refractivity contribution in [3.8, 4) is 0 Å². The van der Waals surface area contributed by atoms with Gasteiger partial charge in [-0.15, -0.1) is 0 Å². The topological polar surface area (TPSA) is 43.4 Å². The number of benzene rings is 1. The Balaban J connectivity index is 2.28. The molecule has 1 aromatic carbocycles. The third-order valence-electron chi connectivity index (χ3n) is 1.79. The number of hydrogen-bond donors (Lipinski definition) is 0. The zero-order valence-electron chi connectivity index (χ0n) is 8.64. The Bertz CT molecular complexity index is 335. The molecule has 0 saturated carbocycles. The smallest absolute Gasteiger partial charge is 0.302 e. The summed E-state index contributed by atoms with van der Waals surface area (Å²) in [6, 6.07) is 9.62. The fourth-order valence-corrected chi connectivity index (χ4v) is 2.09. The van der Waals surface area contributed by atoms with Crippen LogP contribution in [0.4, 0.5) is 0 Å². The molecule has 0 aliphatic heterocycles. The van der Waals surface area contributed by atoms with Gasteiger partial charge in [-0.1, -0.05) is 30.3 Å². The minimum Gasteiger partial charge on any atom is -0.465 e. The molecule has 0 radical (unpaired) electrons. The third-order valence-corrected chi connectivity index (χ3v) is 3.06. The molecular weight excluding hydrogens is 212 g/mol. The summed E-state index contributed by atoms with van der Waals surface area (Å²) in [6.07, 6.45) is 0. The van der Waals surface area contributed by atoms with Crippen molar-refractivity contribution >= 4 is 16.8 Å². The fraction of sp³-hybridized carbons (Fsp3) is 0.364. The zero-order chi connectivity index (χ0) is 11.1. The zero-order valence-corrected chi connectivity index (χ0v) is 9.46. The van der Waals surface area contributed by atoms with Crippen LogP contribution in [0.3, 0.4) is 0 Å². The average Bonchev–Trinajstić information content (AvgIpc) is 2.18. The van der Waals surface area contributed by atoms with Crippen molar-refractivity contribution in [1.29, 1.82) is 0 Å². The van der Waals surface area contributed by atoms with E-state index in [-0.39, 0.29) is 12.6 Å². The van der Waals surface area contributed by atoms with E-state index in [1.54, 1.807) is 0 Å². The molecule has 0 amide bonds. The molecule has 0 bridgehead atoms. The van der Waals surface area contributed by atoms with Crippen LogP contribution in [0.2, 0.25) is 0 Å². The maximum absolute atomic E-state index is 11.5. The quantitative estimate of drug-likeness (QED) is 0.715. The van der Waals surface area contributed by atoms with Gasteiger partial charge in [-0.25, -0.2) is 0 Å². The lowest BCUT2D eigenvalue weighted by Crippen LogP contribution is -2.10. The summed E-state index contributed by atoms with van der Waals surface area (Å²) in [5, 5.41) is 0. The molecule has 0 N–H and O–H groups in total. The molecule has 1 atom stereocenters. The lowest BCUT2D eigenvalue weighted by molar-refractivity contribution is -0.140. The minimum absolute atomic E-state index is 0.231. The predicted molar refractivity (Wildman–Crippen MR) is 59.8 cm³/mol. The highest BCUT2D eigenvalue weighted by atomic mass is 32.2. The molecule has 15 heavy (non-hydrogen) atoms. The van der Waals surface area contributed by atoms with Gasteiger partial charge >= 0.3 is 5.97 Å². The molecule has 0 aliphatic rings. The number of carbonyl (C=O) groups is 1. The van der Waals surface area contributed by atoms with E-state index in [0.717, 1.165) is 5.56 Å². The molecular formula is C11H14O3S. The van der Waals surface area contributed by atoms with E-state index in [1.807, 2.05) is 30.3 Å². The molecule has 1 rings (SSSR count). The third kappa shape index (κ3) is 5.32. The number of hydrogen-bond acceptors (Lipinski definition) is 3. The summed E-state index contributed by atoms with van der Waals surface area (Å²) in [6.45, 7) is 1.58. The SMILES string of the molecule is CC(=O)OCC[S@](=O)Cc1ccccc1. The average molecular weight is 226 g/mol. The first-order valence-corrected chi connectivity index (χ1v) is 6.19. The number of carbonyl (C=O) groups excluding carboxylic acids is 1. The second kappa shape index (κ2) is 6.35. The highest BCUT2D eigenvalue weighted by molar-refractivity contribution is 7.84. The molecule has 1 aromatic rings. The second-order valence-electron chi connectivity index (χ2n) is 3.11. The van der Waals surface area contributed by atoms with Gasteiger partial charge in [-0.3, -0.25) is 9.00 Å². The van der Waals surface area contributed by atoms with Crippen LogP contribution in [-0.4, -0.2) is 22.5 Å². The molecule has 3 nitrogen and oxygen atoms in total. The largest absolute Gasteiger partial charge is 0.465 e. The second-order valence-corrected chi connectivity index (χ2v) is 4.69. The summed E-state index contributed by atoms with van der Waals surface area (Å²) < 4.78 is 16.2. The number of esters is 1. The summed E-state index contributed by atoms with van der Waals surface area (Å²) in [5.74, 6) is 0.586. The van der Waals surface area contributed by atoms with Crippen molar-refractivity contribution in [2.75, 3.05) is 12.4 Å². The number of ether oxygens (including phenoxy) is 1. The Morgan fingerprint density at radius 2 is 2.00 bits per heavy atom. The van der Waals surface area contributed by atoms with E-state index < -0.39 is 10.8 Å². The standard InChI is InChI=1S/C11H14O3S/c1-10(12)14-7-8-15(13)9-11-5-3-2-4-6-11/h2-6H,7-9H2,1H3/t15-/m0/s1. The van der Waals surface area contributed by atoms with Gasteiger partial charge in [0.25, 0.3) is 0 Å². The van der Waals surface area contributed by atoms with Gasteiger partial charge in [0.05, 0.1) is 5.75 Å². The molecule has 0 heterocycles. The molecule has 0 saturated heterocycles. The van der Waals surface area contributed by atoms with Crippen LogP contribution >= 0.6 is 0 Å². The predicted octanol–water partition coefficient (Wildman–Crippen LogP) is 1.50. The van der Waals surface area contributed by atoms with E-state index in [1.165, 1.54) is 6.92 Å². The molecule has 0 fully saturated rings. The van der Waals surface area contributed by atoms with Crippen molar-refractivity contribution in [2.45, 2.75) is 12.7 Å². The van der Waals surface area contributed by atoms with Crippen molar-refractivity contribution in [3.63, 3.8) is 0 Å². The summed E-state index contributed by atoms with van der Waals surface area (Å²) in [7, 11) is -0.965.